The third kappa shape index (κ3) is 7.68. The lowest BCUT2D eigenvalue weighted by molar-refractivity contribution is -0.124. The van der Waals surface area contributed by atoms with Crippen molar-refractivity contribution in [1.29, 1.82) is 0 Å². The number of para-hydroxylation sites is 1. The van der Waals surface area contributed by atoms with Crippen molar-refractivity contribution in [3.8, 4) is 0 Å². The van der Waals surface area contributed by atoms with Gasteiger partial charge in [-0.05, 0) is 48.6 Å². The molecule has 0 fully saturated rings. The van der Waals surface area contributed by atoms with Gasteiger partial charge >= 0.3 is 0 Å². The molecule has 0 bridgehead atoms. The zero-order chi connectivity index (χ0) is 20.2. The lowest BCUT2D eigenvalue weighted by Gasteiger charge is -2.18. The van der Waals surface area contributed by atoms with E-state index in [1.54, 1.807) is 11.6 Å². The highest BCUT2D eigenvalue weighted by atomic mass is 16.5. The topological polar surface area (TPSA) is 64.6 Å². The van der Waals surface area contributed by atoms with Crippen LogP contribution in [0.5, 0.6) is 0 Å². The summed E-state index contributed by atoms with van der Waals surface area (Å²) in [6.07, 6.45) is 8.62. The van der Waals surface area contributed by atoms with Crippen LogP contribution in [-0.2, 0) is 11.2 Å². The number of hydroxylamine groups is 1. The summed E-state index contributed by atoms with van der Waals surface area (Å²) in [5, 5.41) is 12.0. The average molecular weight is 380 g/mol. The molecule has 1 atom stereocenters. The molecule has 3 N–H and O–H groups in total. The van der Waals surface area contributed by atoms with Gasteiger partial charge in [-0.3, -0.25) is 10.0 Å². The lowest BCUT2D eigenvalue weighted by atomic mass is 9.95. The molecule has 5 heteroatoms. The smallest absolute Gasteiger partial charge is 0.267 e. The molecule has 0 aliphatic heterocycles. The fraction of sp³-hybridized carbons (Fsp3) is 0.261. The van der Waals surface area contributed by atoms with E-state index in [0.717, 1.165) is 25.1 Å². The van der Waals surface area contributed by atoms with Gasteiger partial charge in [-0.15, -0.1) is 0 Å². The second-order valence-corrected chi connectivity index (χ2v) is 6.88. The van der Waals surface area contributed by atoms with Gasteiger partial charge in [-0.2, -0.15) is 0 Å². The molecule has 2 rings (SSSR count). The summed E-state index contributed by atoms with van der Waals surface area (Å²) in [6, 6.07) is 18.8. The van der Waals surface area contributed by atoms with Gasteiger partial charge in [0.2, 0.25) is 0 Å². The molecule has 5 nitrogen and oxygen atoms in total. The molecule has 0 radical (unpaired) electrons. The van der Waals surface area contributed by atoms with E-state index in [9.17, 15) is 4.79 Å². The molecule has 0 saturated heterocycles. The van der Waals surface area contributed by atoms with Crippen LogP contribution in [-0.4, -0.2) is 31.8 Å². The van der Waals surface area contributed by atoms with Gasteiger partial charge in [0.05, 0.1) is 0 Å². The molecule has 0 unspecified atom stereocenters. The Kier molecular flexibility index (Phi) is 8.82. The maximum absolute atomic E-state index is 11.0. The van der Waals surface area contributed by atoms with Gasteiger partial charge in [0.1, 0.15) is 0 Å². The Morgan fingerprint density at radius 2 is 1.79 bits per heavy atom. The van der Waals surface area contributed by atoms with Crippen LogP contribution < -0.4 is 15.7 Å². The predicted octanol–water partition coefficient (Wildman–Crippen LogP) is 4.03. The summed E-state index contributed by atoms with van der Waals surface area (Å²) in [4.78, 5) is 13.1. The number of allylic oxidation sites excluding steroid dienone is 3. The first-order valence-corrected chi connectivity index (χ1v) is 9.41. The predicted molar refractivity (Wildman–Crippen MR) is 116 cm³/mol. The maximum Gasteiger partial charge on any atom is 0.267 e. The molecule has 1 amide bonds. The van der Waals surface area contributed by atoms with Crippen molar-refractivity contribution in [3.63, 3.8) is 0 Å². The summed E-state index contributed by atoms with van der Waals surface area (Å²) in [5.74, 6) is -0.130. The van der Waals surface area contributed by atoms with E-state index in [-0.39, 0.29) is 0 Å². The highest BCUT2D eigenvalue weighted by Crippen LogP contribution is 2.18. The number of carbonyl (C=O) groups excluding carboxylic acids is 1. The molecule has 0 spiro atoms. The fourth-order valence-electron chi connectivity index (χ4n) is 2.85. The van der Waals surface area contributed by atoms with Crippen molar-refractivity contribution in [3.05, 3.63) is 84.5 Å². The minimum atomic E-state index is -0.534. The molecular formula is C23H29N3O2. The van der Waals surface area contributed by atoms with Crippen molar-refractivity contribution in [2.24, 2.45) is 5.92 Å². The van der Waals surface area contributed by atoms with Crippen LogP contribution in [0.1, 0.15) is 12.0 Å². The Bertz CT molecular complexity index is 768. The quantitative estimate of drug-likeness (QED) is 0.252. The Morgan fingerprint density at radius 1 is 1.07 bits per heavy atom. The molecular weight excluding hydrogens is 350 g/mol. The summed E-state index contributed by atoms with van der Waals surface area (Å²) >= 11 is 0. The third-order valence-electron chi connectivity index (χ3n) is 4.42. The highest BCUT2D eigenvalue weighted by molar-refractivity contribution is 5.86. The maximum atomic E-state index is 11.0. The number of hydrogen-bond acceptors (Lipinski definition) is 4. The zero-order valence-electron chi connectivity index (χ0n) is 16.5. The minimum Gasteiger partial charge on any atom is -0.385 e. The SMILES string of the molecule is CN(C)c1ccc(C[C@H](CC=CC=CC(=O)NO)CNc2ccccc2)cc1. The minimum absolute atomic E-state index is 0.404. The van der Waals surface area contributed by atoms with Crippen molar-refractivity contribution >= 4 is 17.3 Å². The van der Waals surface area contributed by atoms with E-state index in [2.05, 4.69) is 46.6 Å². The molecule has 0 saturated carbocycles. The number of nitrogens with one attached hydrogen (secondary N) is 2. The van der Waals surface area contributed by atoms with Crippen LogP contribution in [0.25, 0.3) is 0 Å². The van der Waals surface area contributed by atoms with E-state index in [1.807, 2.05) is 44.4 Å². The summed E-state index contributed by atoms with van der Waals surface area (Å²) in [6.45, 7) is 0.852. The molecule has 0 aliphatic rings. The number of hydrogen-bond donors (Lipinski definition) is 3. The zero-order valence-corrected chi connectivity index (χ0v) is 16.5. The van der Waals surface area contributed by atoms with Gasteiger partial charge in [-0.25, -0.2) is 5.48 Å². The van der Waals surface area contributed by atoms with Crippen LogP contribution >= 0.6 is 0 Å². The van der Waals surface area contributed by atoms with E-state index in [0.29, 0.717) is 5.92 Å². The molecule has 0 aliphatic carbocycles. The molecule has 28 heavy (non-hydrogen) atoms. The molecule has 0 heterocycles. The van der Waals surface area contributed by atoms with Crippen molar-refractivity contribution in [2.45, 2.75) is 12.8 Å². The summed E-state index contributed by atoms with van der Waals surface area (Å²) < 4.78 is 0. The van der Waals surface area contributed by atoms with Crippen molar-refractivity contribution in [2.75, 3.05) is 30.9 Å². The van der Waals surface area contributed by atoms with Crippen LogP contribution in [0.2, 0.25) is 0 Å². The third-order valence-corrected chi connectivity index (χ3v) is 4.42. The average Bonchev–Trinajstić information content (AvgIpc) is 2.72. The van der Waals surface area contributed by atoms with Gasteiger partial charge in [0.15, 0.2) is 0 Å². The van der Waals surface area contributed by atoms with E-state index in [1.165, 1.54) is 17.3 Å². The number of rotatable bonds is 10. The van der Waals surface area contributed by atoms with E-state index >= 15 is 0 Å². The Labute approximate surface area is 167 Å². The summed E-state index contributed by atoms with van der Waals surface area (Å²) in [5.41, 5.74) is 5.18. The Balaban J connectivity index is 1.99. The monoisotopic (exact) mass is 379 g/mol. The standard InChI is InChI=1S/C23H29N3O2/c1-26(2)22-15-13-19(14-16-22)17-20(9-5-3-8-12-23(27)25-28)18-24-21-10-6-4-7-11-21/h3-8,10-16,20,24,28H,9,17-18H2,1-2H3,(H,25,27)/t20-/m0/s1. The second-order valence-electron chi connectivity index (χ2n) is 6.88. The van der Waals surface area contributed by atoms with Crippen molar-refractivity contribution in [1.82, 2.24) is 5.48 Å². The number of benzene rings is 2. The summed E-state index contributed by atoms with van der Waals surface area (Å²) in [7, 11) is 4.08. The largest absolute Gasteiger partial charge is 0.385 e. The van der Waals surface area contributed by atoms with Crippen LogP contribution in [0.3, 0.4) is 0 Å². The van der Waals surface area contributed by atoms with Crippen LogP contribution in [0.4, 0.5) is 11.4 Å². The molecule has 2 aromatic rings. The number of anilines is 2. The van der Waals surface area contributed by atoms with Gasteiger partial charge < -0.3 is 10.2 Å². The first-order valence-electron chi connectivity index (χ1n) is 9.41. The van der Waals surface area contributed by atoms with Crippen molar-refractivity contribution < 1.29 is 10.0 Å². The van der Waals surface area contributed by atoms with Gasteiger partial charge in [0, 0.05) is 38.1 Å². The van der Waals surface area contributed by atoms with Crippen LogP contribution in [0.15, 0.2) is 78.9 Å². The number of nitrogens with zero attached hydrogens (tertiary/aromatic N) is 1. The lowest BCUT2D eigenvalue weighted by Crippen LogP contribution is -2.16. The first-order chi connectivity index (χ1) is 13.6. The second kappa shape index (κ2) is 11.6. The van der Waals surface area contributed by atoms with Crippen LogP contribution in [0, 0.1) is 5.92 Å². The first kappa shape index (κ1) is 21.3. The number of amides is 1. The Hall–Kier alpha value is -3.05. The van der Waals surface area contributed by atoms with Gasteiger partial charge in [0.25, 0.3) is 5.91 Å². The fourth-order valence-corrected chi connectivity index (χ4v) is 2.85. The normalized spacial score (nSPS) is 12.2. The van der Waals surface area contributed by atoms with E-state index < -0.39 is 5.91 Å². The van der Waals surface area contributed by atoms with E-state index in [4.69, 9.17) is 5.21 Å². The molecule has 0 aromatic heterocycles. The molecule has 2 aromatic carbocycles. The molecule has 148 valence electrons. The number of carbonyl (C=O) groups is 1. The van der Waals surface area contributed by atoms with Gasteiger partial charge in [-0.1, -0.05) is 48.6 Å². The Morgan fingerprint density at radius 3 is 2.43 bits per heavy atom. The highest BCUT2D eigenvalue weighted by Gasteiger charge is 2.09.